The summed E-state index contributed by atoms with van der Waals surface area (Å²) in [6.45, 7) is 4.41. The molecule has 1 heterocycles. The van der Waals surface area contributed by atoms with Crippen molar-refractivity contribution in [3.8, 4) is 0 Å². The number of alkyl halides is 2. The molecule has 31 heavy (non-hydrogen) atoms. The van der Waals surface area contributed by atoms with Crippen molar-refractivity contribution in [3.63, 3.8) is 0 Å². The Morgan fingerprint density at radius 1 is 1.29 bits per heavy atom. The number of ether oxygens (including phenoxy) is 1. The first-order valence-corrected chi connectivity index (χ1v) is 10.7. The van der Waals surface area contributed by atoms with Crippen molar-refractivity contribution >= 4 is 15.7 Å². The number of hydrogen-bond donors (Lipinski definition) is 1. The molecule has 6 nitrogen and oxygen atoms in total. The maximum Gasteiger partial charge on any atom is 0.335 e. The van der Waals surface area contributed by atoms with Gasteiger partial charge in [0.25, 0.3) is 0 Å². The third-order valence-corrected chi connectivity index (χ3v) is 6.32. The van der Waals surface area contributed by atoms with Gasteiger partial charge in [0.1, 0.15) is 5.82 Å². The number of sulfonamides is 1. The van der Waals surface area contributed by atoms with Crippen LogP contribution in [0.25, 0.3) is 0 Å². The van der Waals surface area contributed by atoms with Gasteiger partial charge in [0.15, 0.2) is 0 Å². The zero-order valence-electron chi connectivity index (χ0n) is 16.9. The van der Waals surface area contributed by atoms with Crippen LogP contribution in [0, 0.1) is 5.82 Å². The molecule has 0 aliphatic carbocycles. The molecule has 2 aromatic rings. The first-order chi connectivity index (χ1) is 14.5. The molecule has 0 saturated carbocycles. The van der Waals surface area contributed by atoms with Crippen molar-refractivity contribution in [2.45, 2.75) is 36.5 Å². The molecule has 1 atom stereocenters. The van der Waals surface area contributed by atoms with E-state index in [0.29, 0.717) is 11.1 Å². The van der Waals surface area contributed by atoms with Gasteiger partial charge >= 0.3 is 11.7 Å². The van der Waals surface area contributed by atoms with E-state index in [4.69, 9.17) is 9.57 Å². The van der Waals surface area contributed by atoms with Crippen LogP contribution in [0.5, 0.6) is 0 Å². The zero-order valence-corrected chi connectivity index (χ0v) is 17.7. The van der Waals surface area contributed by atoms with Crippen LogP contribution < -0.4 is 4.72 Å². The van der Waals surface area contributed by atoms with E-state index in [1.807, 2.05) is 0 Å². The van der Waals surface area contributed by atoms with Crippen molar-refractivity contribution in [1.29, 1.82) is 0 Å². The number of benzene rings is 2. The van der Waals surface area contributed by atoms with Gasteiger partial charge in [-0.25, -0.2) is 17.5 Å². The summed E-state index contributed by atoms with van der Waals surface area (Å²) in [4.78, 5) is 4.94. The number of rotatable bonds is 8. The van der Waals surface area contributed by atoms with Crippen molar-refractivity contribution in [2.75, 3.05) is 7.11 Å². The van der Waals surface area contributed by atoms with Crippen LogP contribution in [0.3, 0.4) is 0 Å². The predicted molar refractivity (Wildman–Crippen MR) is 109 cm³/mol. The van der Waals surface area contributed by atoms with Crippen LogP contribution >= 0.6 is 0 Å². The molecule has 0 radical (unpaired) electrons. The third-order valence-electron chi connectivity index (χ3n) is 4.90. The number of methoxy groups -OCH3 is 1. The van der Waals surface area contributed by atoms with Gasteiger partial charge in [-0.05, 0) is 54.0 Å². The lowest BCUT2D eigenvalue weighted by Crippen LogP contribution is -2.50. The van der Waals surface area contributed by atoms with E-state index < -0.39 is 33.1 Å². The molecule has 3 rings (SSSR count). The van der Waals surface area contributed by atoms with Crippen molar-refractivity contribution in [1.82, 2.24) is 4.72 Å². The number of nitrogens with zero attached hydrogens (tertiary/aromatic N) is 1. The summed E-state index contributed by atoms with van der Waals surface area (Å²) in [5.41, 5.74) is 0.850. The van der Waals surface area contributed by atoms with Gasteiger partial charge < -0.3 is 9.57 Å². The highest BCUT2D eigenvalue weighted by molar-refractivity contribution is 7.89. The lowest BCUT2D eigenvalue weighted by Gasteiger charge is -2.33. The highest BCUT2D eigenvalue weighted by atomic mass is 32.2. The maximum atomic E-state index is 14.6. The molecule has 1 aliphatic rings. The largest absolute Gasteiger partial charge is 0.352 e. The summed E-state index contributed by atoms with van der Waals surface area (Å²) in [6.07, 6.45) is -0.325. The minimum atomic E-state index is -3.86. The molecular formula is C21H21F3N2O4S. The van der Waals surface area contributed by atoms with Gasteiger partial charge in [-0.2, -0.15) is 8.78 Å². The fourth-order valence-electron chi connectivity index (χ4n) is 3.04. The molecule has 1 N–H and O–H groups in total. The first kappa shape index (κ1) is 23.0. The molecule has 0 bridgehead atoms. The molecule has 1 aliphatic heterocycles. The van der Waals surface area contributed by atoms with Crippen LogP contribution in [-0.2, 0) is 26.1 Å². The van der Waals surface area contributed by atoms with Crippen LogP contribution in [0.1, 0.15) is 24.5 Å². The Balaban J connectivity index is 1.75. The van der Waals surface area contributed by atoms with Crippen molar-refractivity contribution in [2.24, 2.45) is 5.16 Å². The van der Waals surface area contributed by atoms with Gasteiger partial charge in [0.2, 0.25) is 10.0 Å². The predicted octanol–water partition coefficient (Wildman–Crippen LogP) is 3.98. The quantitative estimate of drug-likeness (QED) is 0.612. The van der Waals surface area contributed by atoms with Gasteiger partial charge in [-0.1, -0.05) is 29.9 Å². The fourth-order valence-corrected chi connectivity index (χ4v) is 4.05. The van der Waals surface area contributed by atoms with Gasteiger partial charge in [-0.15, -0.1) is 0 Å². The lowest BCUT2D eigenvalue weighted by atomic mass is 9.94. The van der Waals surface area contributed by atoms with Crippen LogP contribution in [-0.4, -0.2) is 32.9 Å². The van der Waals surface area contributed by atoms with Crippen LogP contribution in [0.15, 0.2) is 70.7 Å². The van der Waals surface area contributed by atoms with Crippen LogP contribution in [0.4, 0.5) is 13.2 Å². The second kappa shape index (κ2) is 8.45. The summed E-state index contributed by atoms with van der Waals surface area (Å²) in [6, 6.07) is 11.0. The van der Waals surface area contributed by atoms with Gasteiger partial charge in [0, 0.05) is 13.7 Å². The highest BCUT2D eigenvalue weighted by Crippen LogP contribution is 2.44. The number of nitrogens with one attached hydrogen (secondary N) is 1. The summed E-state index contributed by atoms with van der Waals surface area (Å²) in [7, 11) is -2.75. The number of halogens is 3. The Labute approximate surface area is 178 Å². The smallest absolute Gasteiger partial charge is 0.335 e. The van der Waals surface area contributed by atoms with Gasteiger partial charge in [-0.3, -0.25) is 0 Å². The standard InChI is InChI=1S/C21H21F3N2O4S/c1-14(2)21(23,24)20(29-3)12-19(26-30-20)16-6-4-5-15(11-16)13-25-31(27,28)18-9-7-17(22)8-10-18/h4-11,25H,1,12-13H2,2-3H3. The topological polar surface area (TPSA) is 77.0 Å². The summed E-state index contributed by atoms with van der Waals surface area (Å²) >= 11 is 0. The Morgan fingerprint density at radius 2 is 1.97 bits per heavy atom. The monoisotopic (exact) mass is 454 g/mol. The molecule has 0 saturated heterocycles. The Kier molecular flexibility index (Phi) is 6.26. The normalized spacial score (nSPS) is 19.1. The van der Waals surface area contributed by atoms with Gasteiger partial charge in [0.05, 0.1) is 17.0 Å². The van der Waals surface area contributed by atoms with E-state index in [-0.39, 0.29) is 23.6 Å². The average molecular weight is 454 g/mol. The second-order valence-electron chi connectivity index (χ2n) is 7.10. The summed E-state index contributed by atoms with van der Waals surface area (Å²) < 4.78 is 74.3. The molecule has 0 fully saturated rings. The first-order valence-electron chi connectivity index (χ1n) is 9.19. The van der Waals surface area contributed by atoms with E-state index >= 15 is 0 Å². The summed E-state index contributed by atoms with van der Waals surface area (Å²) in [5, 5.41) is 3.78. The van der Waals surface area contributed by atoms with E-state index in [2.05, 4.69) is 16.5 Å². The Morgan fingerprint density at radius 3 is 2.58 bits per heavy atom. The Bertz CT molecular complexity index is 1120. The lowest BCUT2D eigenvalue weighted by molar-refractivity contribution is -0.303. The number of hydrogen-bond acceptors (Lipinski definition) is 5. The molecule has 166 valence electrons. The molecule has 1 unspecified atom stereocenters. The van der Waals surface area contributed by atoms with E-state index in [1.54, 1.807) is 24.3 Å². The van der Waals surface area contributed by atoms with Crippen LogP contribution in [0.2, 0.25) is 0 Å². The maximum absolute atomic E-state index is 14.6. The third kappa shape index (κ3) is 4.51. The fraction of sp³-hybridized carbons (Fsp3) is 0.286. The molecule has 0 aromatic heterocycles. The van der Waals surface area contributed by atoms with Crippen molar-refractivity contribution in [3.05, 3.63) is 77.6 Å². The summed E-state index contributed by atoms with van der Waals surface area (Å²) in [5.74, 6) is -6.32. The molecule has 10 heteroatoms. The minimum absolute atomic E-state index is 0.0704. The highest BCUT2D eigenvalue weighted by Gasteiger charge is 2.61. The molecule has 0 spiro atoms. The van der Waals surface area contributed by atoms with Crippen molar-refractivity contribution < 1.29 is 31.2 Å². The van der Waals surface area contributed by atoms with E-state index in [0.717, 1.165) is 31.4 Å². The Hall–Kier alpha value is -2.69. The van der Waals surface area contributed by atoms with E-state index in [9.17, 15) is 21.6 Å². The second-order valence-corrected chi connectivity index (χ2v) is 8.86. The number of oxime groups is 1. The molecular weight excluding hydrogens is 433 g/mol. The molecule has 2 aromatic carbocycles. The van der Waals surface area contributed by atoms with E-state index in [1.165, 1.54) is 6.92 Å². The molecule has 0 amide bonds. The average Bonchev–Trinajstić information content (AvgIpc) is 3.19. The zero-order chi connectivity index (χ0) is 22.9. The minimum Gasteiger partial charge on any atom is -0.352 e. The SMILES string of the molecule is C=C(C)C(F)(F)C1(OC)CC(c2cccc(CNS(=O)(=O)c3ccc(F)cc3)c2)=NO1.